The fourth-order valence-corrected chi connectivity index (χ4v) is 2.26. The number of rotatable bonds is 2. The number of hydrogen-bond donors (Lipinski definition) is 0. The first kappa shape index (κ1) is 13.8. The van der Waals surface area contributed by atoms with Gasteiger partial charge in [0.15, 0.2) is 0 Å². The summed E-state index contributed by atoms with van der Waals surface area (Å²) in [6.45, 7) is 2.24. The molecular formula is C12H9Cl2IN2O. The molecule has 2 aromatic rings. The van der Waals surface area contributed by atoms with E-state index in [9.17, 15) is 4.79 Å². The number of halogens is 3. The maximum atomic E-state index is 12.0. The fourth-order valence-electron chi connectivity index (χ4n) is 1.49. The lowest BCUT2D eigenvalue weighted by atomic mass is 10.2. The van der Waals surface area contributed by atoms with Crippen LogP contribution in [0.4, 0.5) is 0 Å². The lowest BCUT2D eigenvalue weighted by Gasteiger charge is -2.07. The molecule has 0 aliphatic heterocycles. The van der Waals surface area contributed by atoms with Gasteiger partial charge in [0, 0.05) is 0 Å². The Morgan fingerprint density at radius 2 is 2.06 bits per heavy atom. The van der Waals surface area contributed by atoms with Crippen molar-refractivity contribution in [2.24, 2.45) is 0 Å². The summed E-state index contributed by atoms with van der Waals surface area (Å²) in [5.41, 5.74) is 1.60. The highest BCUT2D eigenvalue weighted by atomic mass is 127. The molecule has 0 atom stereocenters. The number of nitrogens with zero attached hydrogens (tertiary/aromatic N) is 2. The molecule has 6 heteroatoms. The van der Waals surface area contributed by atoms with Crippen molar-refractivity contribution < 1.29 is 0 Å². The fraction of sp³-hybridized carbons (Fsp3) is 0.167. The molecule has 18 heavy (non-hydrogen) atoms. The number of hydrogen-bond acceptors (Lipinski definition) is 2. The van der Waals surface area contributed by atoms with E-state index in [4.69, 9.17) is 23.2 Å². The molecule has 0 N–H and O–H groups in total. The minimum Gasteiger partial charge on any atom is -0.294 e. The van der Waals surface area contributed by atoms with Crippen molar-refractivity contribution >= 4 is 45.8 Å². The molecule has 0 amide bonds. The van der Waals surface area contributed by atoms with Crippen LogP contribution in [0.2, 0.25) is 10.0 Å². The zero-order valence-corrected chi connectivity index (χ0v) is 13.1. The van der Waals surface area contributed by atoms with Crippen LogP contribution in [0, 0.1) is 10.5 Å². The van der Waals surface area contributed by atoms with E-state index in [1.165, 1.54) is 0 Å². The van der Waals surface area contributed by atoms with Gasteiger partial charge in [0.1, 0.15) is 0 Å². The molecule has 0 spiro atoms. The van der Waals surface area contributed by atoms with E-state index >= 15 is 0 Å². The Kier molecular flexibility index (Phi) is 4.29. The summed E-state index contributed by atoms with van der Waals surface area (Å²) in [5, 5.41) is 0.987. The number of aryl methyl sites for hydroxylation is 1. The highest BCUT2D eigenvalue weighted by Gasteiger charge is 2.06. The van der Waals surface area contributed by atoms with Gasteiger partial charge < -0.3 is 0 Å². The summed E-state index contributed by atoms with van der Waals surface area (Å²) < 4.78 is 2.18. The van der Waals surface area contributed by atoms with Gasteiger partial charge in [0.25, 0.3) is 5.56 Å². The molecule has 1 aromatic carbocycles. The minimum atomic E-state index is -0.0471. The van der Waals surface area contributed by atoms with Crippen molar-refractivity contribution in [3.8, 4) is 0 Å². The summed E-state index contributed by atoms with van der Waals surface area (Å²) in [6, 6.07) is 5.31. The summed E-state index contributed by atoms with van der Waals surface area (Å²) in [7, 11) is 0. The lowest BCUT2D eigenvalue weighted by Crippen LogP contribution is -2.24. The van der Waals surface area contributed by atoms with Gasteiger partial charge in [-0.3, -0.25) is 9.36 Å². The van der Waals surface area contributed by atoms with Crippen LogP contribution in [0.1, 0.15) is 11.3 Å². The summed E-state index contributed by atoms with van der Waals surface area (Å²) in [5.74, 6) is 0. The van der Waals surface area contributed by atoms with Crippen molar-refractivity contribution in [2.45, 2.75) is 13.5 Å². The van der Waals surface area contributed by atoms with Gasteiger partial charge in [-0.25, -0.2) is 4.98 Å². The lowest BCUT2D eigenvalue weighted by molar-refractivity contribution is 0.724. The van der Waals surface area contributed by atoms with Crippen LogP contribution in [0.15, 0.2) is 29.3 Å². The molecular weight excluding hydrogens is 386 g/mol. The number of benzene rings is 1. The zero-order valence-electron chi connectivity index (χ0n) is 9.45. The van der Waals surface area contributed by atoms with E-state index in [2.05, 4.69) is 4.98 Å². The van der Waals surface area contributed by atoms with Crippen molar-refractivity contribution in [1.82, 2.24) is 9.55 Å². The van der Waals surface area contributed by atoms with E-state index in [-0.39, 0.29) is 5.56 Å². The van der Waals surface area contributed by atoms with E-state index in [1.54, 1.807) is 23.0 Å². The molecule has 94 valence electrons. The van der Waals surface area contributed by atoms with E-state index < -0.39 is 0 Å². The van der Waals surface area contributed by atoms with Crippen LogP contribution < -0.4 is 5.56 Å². The molecule has 1 aromatic heterocycles. The monoisotopic (exact) mass is 394 g/mol. The molecule has 0 radical (unpaired) electrons. The SMILES string of the molecule is Cc1ncn(Cc2ccc(Cl)c(Cl)c2)c(=O)c1I. The molecule has 0 aliphatic rings. The number of aromatic nitrogens is 2. The van der Waals surface area contributed by atoms with Crippen LogP contribution in [0.5, 0.6) is 0 Å². The van der Waals surface area contributed by atoms with Gasteiger partial charge in [0.05, 0.1) is 32.2 Å². The predicted molar refractivity (Wildman–Crippen MR) is 81.5 cm³/mol. The average molecular weight is 395 g/mol. The van der Waals surface area contributed by atoms with Gasteiger partial charge in [-0.05, 0) is 47.2 Å². The zero-order chi connectivity index (χ0) is 13.3. The van der Waals surface area contributed by atoms with Crippen LogP contribution >= 0.6 is 45.8 Å². The van der Waals surface area contributed by atoms with Crippen LogP contribution in [-0.4, -0.2) is 9.55 Å². The third-order valence-corrected chi connectivity index (χ3v) is 4.48. The maximum Gasteiger partial charge on any atom is 0.267 e. The molecule has 1 heterocycles. The van der Waals surface area contributed by atoms with Crippen LogP contribution in [-0.2, 0) is 6.54 Å². The molecule has 0 bridgehead atoms. The van der Waals surface area contributed by atoms with Gasteiger partial charge in [-0.15, -0.1) is 0 Å². The van der Waals surface area contributed by atoms with Crippen molar-refractivity contribution in [1.29, 1.82) is 0 Å². The second kappa shape index (κ2) is 5.59. The Morgan fingerprint density at radius 3 is 2.72 bits per heavy atom. The summed E-state index contributed by atoms with van der Waals surface area (Å²) in [4.78, 5) is 16.2. The highest BCUT2D eigenvalue weighted by Crippen LogP contribution is 2.22. The molecule has 0 saturated carbocycles. The van der Waals surface area contributed by atoms with Gasteiger partial charge in [0.2, 0.25) is 0 Å². The first-order chi connectivity index (χ1) is 8.49. The summed E-state index contributed by atoms with van der Waals surface area (Å²) in [6.07, 6.45) is 1.54. The second-order valence-corrected chi connectivity index (χ2v) is 5.72. The van der Waals surface area contributed by atoms with Crippen LogP contribution in [0.3, 0.4) is 0 Å². The highest BCUT2D eigenvalue weighted by molar-refractivity contribution is 14.1. The summed E-state index contributed by atoms with van der Waals surface area (Å²) >= 11 is 13.8. The smallest absolute Gasteiger partial charge is 0.267 e. The van der Waals surface area contributed by atoms with E-state index in [0.717, 1.165) is 11.3 Å². The van der Waals surface area contributed by atoms with Crippen LogP contribution in [0.25, 0.3) is 0 Å². The Labute approximate surface area is 128 Å². The minimum absolute atomic E-state index is 0.0471. The molecule has 2 rings (SSSR count). The first-order valence-electron chi connectivity index (χ1n) is 5.14. The van der Waals surface area contributed by atoms with Gasteiger partial charge >= 0.3 is 0 Å². The third kappa shape index (κ3) is 2.87. The molecule has 0 unspecified atom stereocenters. The second-order valence-electron chi connectivity index (χ2n) is 3.83. The van der Waals surface area contributed by atoms with E-state index in [0.29, 0.717) is 20.2 Å². The predicted octanol–water partition coefficient (Wildman–Crippen LogP) is 3.51. The Bertz CT molecular complexity index is 655. The Hall–Kier alpha value is -0.590. The topological polar surface area (TPSA) is 34.9 Å². The molecule has 3 nitrogen and oxygen atoms in total. The van der Waals surface area contributed by atoms with Gasteiger partial charge in [-0.1, -0.05) is 29.3 Å². The molecule has 0 saturated heterocycles. The van der Waals surface area contributed by atoms with Crippen molar-refractivity contribution in [2.75, 3.05) is 0 Å². The Balaban J connectivity index is 2.37. The molecule has 0 aliphatic carbocycles. The Morgan fingerprint density at radius 1 is 1.33 bits per heavy atom. The first-order valence-corrected chi connectivity index (χ1v) is 6.98. The normalized spacial score (nSPS) is 10.7. The quantitative estimate of drug-likeness (QED) is 0.730. The van der Waals surface area contributed by atoms with Crippen molar-refractivity contribution in [3.63, 3.8) is 0 Å². The molecule has 0 fully saturated rings. The van der Waals surface area contributed by atoms with E-state index in [1.807, 2.05) is 35.6 Å². The average Bonchev–Trinajstić information content (AvgIpc) is 2.34. The largest absolute Gasteiger partial charge is 0.294 e. The standard InChI is InChI=1S/C12H9Cl2IN2O/c1-7-11(15)12(18)17(6-16-7)5-8-2-3-9(13)10(14)4-8/h2-4,6H,5H2,1H3. The maximum absolute atomic E-state index is 12.0. The third-order valence-electron chi connectivity index (χ3n) is 2.49. The van der Waals surface area contributed by atoms with Gasteiger partial charge in [-0.2, -0.15) is 0 Å². The van der Waals surface area contributed by atoms with Crippen molar-refractivity contribution in [3.05, 3.63) is 59.8 Å².